The smallest absolute Gasteiger partial charge is 0.150 e. The summed E-state index contributed by atoms with van der Waals surface area (Å²) in [6, 6.07) is 10.4. The van der Waals surface area contributed by atoms with E-state index in [-0.39, 0.29) is 24.3 Å². The number of halogens is 2. The Hall–Kier alpha value is -1.83. The van der Waals surface area contributed by atoms with E-state index in [1.54, 1.807) is 0 Å². The van der Waals surface area contributed by atoms with E-state index in [0.717, 1.165) is 0 Å². The molecule has 0 spiro atoms. The summed E-state index contributed by atoms with van der Waals surface area (Å²) < 4.78 is 49.8. The lowest BCUT2D eigenvalue weighted by Gasteiger charge is -2.13. The molecule has 0 heterocycles. The summed E-state index contributed by atoms with van der Waals surface area (Å²) in [7, 11) is -3.47. The van der Waals surface area contributed by atoms with Crippen LogP contribution in [0.25, 0.3) is 0 Å². The van der Waals surface area contributed by atoms with E-state index in [4.69, 9.17) is 0 Å². The third-order valence-corrected chi connectivity index (χ3v) is 5.63. The SMILES string of the molecule is O=S(=O)(CCC(O)c1ccc(F)cc1)CCC(O)c1ccc(F)cc1. The fourth-order valence-electron chi connectivity index (χ4n) is 2.39. The second-order valence-electron chi connectivity index (χ2n) is 5.86. The summed E-state index contributed by atoms with van der Waals surface area (Å²) in [5.41, 5.74) is 0.894. The van der Waals surface area contributed by atoms with Crippen LogP contribution in [0.15, 0.2) is 48.5 Å². The third kappa shape index (κ3) is 6.19. The van der Waals surface area contributed by atoms with Gasteiger partial charge in [-0.1, -0.05) is 24.3 Å². The quantitative estimate of drug-likeness (QED) is 0.749. The molecule has 136 valence electrons. The van der Waals surface area contributed by atoms with Crippen LogP contribution in [0.5, 0.6) is 0 Å². The van der Waals surface area contributed by atoms with E-state index in [1.807, 2.05) is 0 Å². The molecular weight excluding hydrogens is 350 g/mol. The maximum atomic E-state index is 12.8. The summed E-state index contributed by atoms with van der Waals surface area (Å²) in [5, 5.41) is 20.0. The lowest BCUT2D eigenvalue weighted by atomic mass is 10.1. The van der Waals surface area contributed by atoms with Gasteiger partial charge in [-0.3, -0.25) is 0 Å². The summed E-state index contributed by atoms with van der Waals surface area (Å²) >= 11 is 0. The van der Waals surface area contributed by atoms with Crippen molar-refractivity contribution in [2.75, 3.05) is 11.5 Å². The molecule has 2 atom stereocenters. The number of hydrogen-bond donors (Lipinski definition) is 2. The fourth-order valence-corrected chi connectivity index (χ4v) is 3.76. The van der Waals surface area contributed by atoms with Gasteiger partial charge in [0.25, 0.3) is 0 Å². The van der Waals surface area contributed by atoms with Crippen LogP contribution in [0.2, 0.25) is 0 Å². The third-order valence-electron chi connectivity index (χ3n) is 3.91. The van der Waals surface area contributed by atoms with Gasteiger partial charge < -0.3 is 10.2 Å². The van der Waals surface area contributed by atoms with Crippen molar-refractivity contribution in [1.29, 1.82) is 0 Å². The van der Waals surface area contributed by atoms with Crippen molar-refractivity contribution >= 4 is 9.84 Å². The molecule has 25 heavy (non-hydrogen) atoms. The Kier molecular flexibility index (Phi) is 6.64. The Morgan fingerprint density at radius 2 is 1.04 bits per heavy atom. The highest BCUT2D eigenvalue weighted by molar-refractivity contribution is 7.91. The molecule has 0 bridgehead atoms. The van der Waals surface area contributed by atoms with Crippen molar-refractivity contribution < 1.29 is 27.4 Å². The number of rotatable bonds is 8. The van der Waals surface area contributed by atoms with Crippen LogP contribution in [0.3, 0.4) is 0 Å². The van der Waals surface area contributed by atoms with E-state index >= 15 is 0 Å². The average molecular weight is 370 g/mol. The molecule has 0 aliphatic carbocycles. The van der Waals surface area contributed by atoms with E-state index in [1.165, 1.54) is 48.5 Å². The Morgan fingerprint density at radius 1 is 0.720 bits per heavy atom. The molecule has 2 N–H and O–H groups in total. The van der Waals surface area contributed by atoms with Crippen molar-refractivity contribution in [2.24, 2.45) is 0 Å². The van der Waals surface area contributed by atoms with Crippen LogP contribution in [-0.2, 0) is 9.84 Å². The van der Waals surface area contributed by atoms with Gasteiger partial charge in [0.1, 0.15) is 11.6 Å². The Labute approximate surface area is 145 Å². The molecule has 4 nitrogen and oxygen atoms in total. The number of benzene rings is 2. The number of aliphatic hydroxyl groups is 2. The molecule has 0 amide bonds. The van der Waals surface area contributed by atoms with Gasteiger partial charge >= 0.3 is 0 Å². The first-order valence-electron chi connectivity index (χ1n) is 7.84. The lowest BCUT2D eigenvalue weighted by molar-refractivity contribution is 0.172. The van der Waals surface area contributed by atoms with Gasteiger partial charge in [-0.25, -0.2) is 17.2 Å². The van der Waals surface area contributed by atoms with Crippen molar-refractivity contribution in [1.82, 2.24) is 0 Å². The summed E-state index contributed by atoms with van der Waals surface area (Å²) in [4.78, 5) is 0. The maximum absolute atomic E-state index is 12.8. The van der Waals surface area contributed by atoms with Gasteiger partial charge in [-0.2, -0.15) is 0 Å². The van der Waals surface area contributed by atoms with Gasteiger partial charge in [-0.15, -0.1) is 0 Å². The van der Waals surface area contributed by atoms with Crippen LogP contribution >= 0.6 is 0 Å². The lowest BCUT2D eigenvalue weighted by Crippen LogP contribution is -2.16. The first-order chi connectivity index (χ1) is 11.8. The minimum Gasteiger partial charge on any atom is -0.388 e. The first-order valence-corrected chi connectivity index (χ1v) is 9.66. The Morgan fingerprint density at radius 3 is 1.36 bits per heavy atom. The normalized spacial score (nSPS) is 14.2. The molecule has 7 heteroatoms. The highest BCUT2D eigenvalue weighted by Crippen LogP contribution is 2.20. The highest BCUT2D eigenvalue weighted by atomic mass is 32.2. The average Bonchev–Trinajstić information content (AvgIpc) is 2.59. The van der Waals surface area contributed by atoms with Crippen LogP contribution in [0.4, 0.5) is 8.78 Å². The van der Waals surface area contributed by atoms with E-state index < -0.39 is 33.7 Å². The number of sulfone groups is 1. The van der Waals surface area contributed by atoms with Crippen LogP contribution in [0.1, 0.15) is 36.2 Å². The molecule has 0 aromatic heterocycles. The zero-order chi connectivity index (χ0) is 18.4. The van der Waals surface area contributed by atoms with Crippen molar-refractivity contribution in [3.63, 3.8) is 0 Å². The molecule has 2 rings (SSSR count). The molecule has 0 saturated carbocycles. The predicted octanol–water partition coefficient (Wildman–Crippen LogP) is 2.93. The van der Waals surface area contributed by atoms with Gasteiger partial charge in [0, 0.05) is 0 Å². The second kappa shape index (κ2) is 8.51. The van der Waals surface area contributed by atoms with E-state index in [2.05, 4.69) is 0 Å². The summed E-state index contributed by atoms with van der Waals surface area (Å²) in [5.74, 6) is -1.36. The van der Waals surface area contributed by atoms with Crippen LogP contribution in [0, 0.1) is 11.6 Å². The topological polar surface area (TPSA) is 74.6 Å². The monoisotopic (exact) mass is 370 g/mol. The molecule has 2 aromatic rings. The summed E-state index contributed by atoms with van der Waals surface area (Å²) in [6.45, 7) is 0. The van der Waals surface area contributed by atoms with Gasteiger partial charge in [0.2, 0.25) is 0 Å². The molecule has 0 aliphatic heterocycles. The van der Waals surface area contributed by atoms with Crippen molar-refractivity contribution in [3.8, 4) is 0 Å². The first kappa shape index (κ1) is 19.5. The van der Waals surface area contributed by atoms with Crippen LogP contribution < -0.4 is 0 Å². The second-order valence-corrected chi connectivity index (χ2v) is 8.17. The van der Waals surface area contributed by atoms with Crippen molar-refractivity contribution in [3.05, 3.63) is 71.3 Å². The number of hydrogen-bond acceptors (Lipinski definition) is 4. The molecule has 0 fully saturated rings. The highest BCUT2D eigenvalue weighted by Gasteiger charge is 2.18. The van der Waals surface area contributed by atoms with Crippen LogP contribution in [-0.4, -0.2) is 30.1 Å². The van der Waals surface area contributed by atoms with Gasteiger partial charge in [0.15, 0.2) is 9.84 Å². The van der Waals surface area contributed by atoms with Crippen molar-refractivity contribution in [2.45, 2.75) is 25.0 Å². The van der Waals surface area contributed by atoms with Gasteiger partial charge in [-0.05, 0) is 48.2 Å². The zero-order valence-corrected chi connectivity index (χ0v) is 14.3. The zero-order valence-electron chi connectivity index (χ0n) is 13.5. The Balaban J connectivity index is 1.84. The molecule has 0 aliphatic rings. The largest absolute Gasteiger partial charge is 0.388 e. The molecule has 2 aromatic carbocycles. The fraction of sp³-hybridized carbons (Fsp3) is 0.333. The minimum atomic E-state index is -3.47. The van der Waals surface area contributed by atoms with Gasteiger partial charge in [0.05, 0.1) is 23.7 Å². The Bertz CT molecular complexity index is 712. The van der Waals surface area contributed by atoms with E-state index in [0.29, 0.717) is 11.1 Å². The predicted molar refractivity (Wildman–Crippen MR) is 90.6 cm³/mol. The van der Waals surface area contributed by atoms with E-state index in [9.17, 15) is 27.4 Å². The summed E-state index contributed by atoms with van der Waals surface area (Å²) in [6.07, 6.45) is -2.03. The standard InChI is InChI=1S/C18H20F2O4S/c19-15-5-1-13(2-6-15)17(21)9-11-25(23,24)12-10-18(22)14-3-7-16(20)8-4-14/h1-8,17-18,21-22H,9-12H2. The number of aliphatic hydroxyl groups excluding tert-OH is 2. The molecular formula is C18H20F2O4S. The molecule has 2 unspecified atom stereocenters. The maximum Gasteiger partial charge on any atom is 0.150 e. The molecule has 0 saturated heterocycles. The minimum absolute atomic E-state index is 0.0133. The molecule has 0 radical (unpaired) electrons.